The van der Waals surface area contributed by atoms with Crippen molar-refractivity contribution in [2.75, 3.05) is 0 Å². The lowest BCUT2D eigenvalue weighted by Gasteiger charge is -2.45. The molecule has 0 bridgehead atoms. The summed E-state index contributed by atoms with van der Waals surface area (Å²) in [6, 6.07) is 0. The highest BCUT2D eigenvalue weighted by molar-refractivity contribution is 5.20. The minimum Gasteiger partial charge on any atom is -0.0622 e. The van der Waals surface area contributed by atoms with Crippen molar-refractivity contribution in [1.29, 1.82) is 0 Å². The largest absolute Gasteiger partial charge is 0.0622 e. The summed E-state index contributed by atoms with van der Waals surface area (Å²) >= 11 is 0. The Bertz CT molecular complexity index is 226. The fraction of sp³-hybridized carbons (Fsp3) is 1.00. The molecule has 0 heterocycles. The smallest absolute Gasteiger partial charge is 0.0164 e. The van der Waals surface area contributed by atoms with E-state index in [1.165, 1.54) is 25.7 Å². The lowest BCUT2D eigenvalue weighted by molar-refractivity contribution is 0.0370. The highest BCUT2D eigenvalue weighted by atomic mass is 14.8. The summed E-state index contributed by atoms with van der Waals surface area (Å²) < 4.78 is 0. The van der Waals surface area contributed by atoms with Crippen LogP contribution in [-0.4, -0.2) is 0 Å². The van der Waals surface area contributed by atoms with Crippen molar-refractivity contribution in [3.05, 3.63) is 0 Å². The molecule has 0 amide bonds. The van der Waals surface area contributed by atoms with E-state index in [1.807, 2.05) is 0 Å². The fourth-order valence-corrected chi connectivity index (χ4v) is 4.76. The molecule has 0 aromatic heterocycles. The van der Waals surface area contributed by atoms with Crippen LogP contribution in [0, 0.1) is 22.2 Å². The minimum atomic E-state index is 0.591. The maximum absolute atomic E-state index is 2.52. The number of rotatable bonds is 1. The maximum atomic E-state index is 2.52. The van der Waals surface area contributed by atoms with E-state index in [0.29, 0.717) is 16.2 Å². The van der Waals surface area contributed by atoms with Crippen LogP contribution in [0.1, 0.15) is 60.3 Å². The van der Waals surface area contributed by atoms with Crippen LogP contribution >= 0.6 is 0 Å². The lowest BCUT2D eigenvalue weighted by atomic mass is 9.59. The van der Waals surface area contributed by atoms with Crippen molar-refractivity contribution in [2.24, 2.45) is 22.2 Å². The van der Waals surface area contributed by atoms with E-state index in [-0.39, 0.29) is 0 Å². The summed E-state index contributed by atoms with van der Waals surface area (Å²) in [5.74, 6) is 0.868. The van der Waals surface area contributed by atoms with Gasteiger partial charge in [-0.1, -0.05) is 41.0 Å². The molecule has 2 aliphatic rings. The van der Waals surface area contributed by atoms with Gasteiger partial charge in [0, 0.05) is 0 Å². The van der Waals surface area contributed by atoms with Gasteiger partial charge in [0.25, 0.3) is 0 Å². The van der Waals surface area contributed by atoms with Crippen LogP contribution in [0.25, 0.3) is 0 Å². The predicted octanol–water partition coefficient (Wildman–Crippen LogP) is 4.25. The molecule has 0 spiro atoms. The Hall–Kier alpha value is 0. The zero-order valence-electron chi connectivity index (χ0n) is 9.91. The van der Waals surface area contributed by atoms with Crippen LogP contribution in [0.15, 0.2) is 0 Å². The van der Waals surface area contributed by atoms with Crippen molar-refractivity contribution >= 4 is 0 Å². The van der Waals surface area contributed by atoms with Crippen molar-refractivity contribution < 1.29 is 0 Å². The molecule has 2 saturated carbocycles. The first kappa shape index (κ1) is 9.55. The molecule has 0 aromatic carbocycles. The SMILES string of the molecule is CC(C)C12CC1(C)CCCC2(C)C. The Morgan fingerprint density at radius 2 is 1.62 bits per heavy atom. The zero-order valence-corrected chi connectivity index (χ0v) is 9.91. The molecule has 0 saturated heterocycles. The van der Waals surface area contributed by atoms with Gasteiger partial charge in [-0.3, -0.25) is 0 Å². The molecule has 0 N–H and O–H groups in total. The standard InChI is InChI=1S/C13H24/c1-10(2)13-9-12(13,5)8-6-7-11(13,3)4/h10H,6-9H2,1-5H3. The van der Waals surface area contributed by atoms with Crippen LogP contribution < -0.4 is 0 Å². The first-order valence-corrected chi connectivity index (χ1v) is 5.86. The maximum Gasteiger partial charge on any atom is -0.0164 e. The molecule has 2 unspecified atom stereocenters. The predicted molar refractivity (Wildman–Crippen MR) is 57.6 cm³/mol. The van der Waals surface area contributed by atoms with E-state index in [4.69, 9.17) is 0 Å². The summed E-state index contributed by atoms with van der Waals surface area (Å²) in [7, 11) is 0. The van der Waals surface area contributed by atoms with E-state index in [2.05, 4.69) is 34.6 Å². The Morgan fingerprint density at radius 1 is 1.00 bits per heavy atom. The second-order valence-corrected chi connectivity index (χ2v) is 6.60. The topological polar surface area (TPSA) is 0 Å². The highest BCUT2D eigenvalue weighted by Crippen LogP contribution is 2.80. The number of hydrogen-bond donors (Lipinski definition) is 0. The van der Waals surface area contributed by atoms with E-state index >= 15 is 0 Å². The second kappa shape index (κ2) is 2.32. The van der Waals surface area contributed by atoms with Crippen molar-refractivity contribution in [3.63, 3.8) is 0 Å². The average Bonchev–Trinajstić information content (AvgIpc) is 2.58. The molecule has 0 heteroatoms. The van der Waals surface area contributed by atoms with Gasteiger partial charge < -0.3 is 0 Å². The summed E-state index contributed by atoms with van der Waals surface area (Å²) in [5, 5.41) is 0. The van der Waals surface area contributed by atoms with Gasteiger partial charge in [-0.15, -0.1) is 0 Å². The molecule has 2 atom stereocenters. The number of fused-ring (bicyclic) bond motifs is 1. The van der Waals surface area contributed by atoms with Crippen molar-refractivity contribution in [1.82, 2.24) is 0 Å². The second-order valence-electron chi connectivity index (χ2n) is 6.60. The minimum absolute atomic E-state index is 0.591. The molecule has 13 heavy (non-hydrogen) atoms. The van der Waals surface area contributed by atoms with Crippen LogP contribution in [0.5, 0.6) is 0 Å². The first-order valence-electron chi connectivity index (χ1n) is 5.86. The van der Waals surface area contributed by atoms with Crippen LogP contribution in [-0.2, 0) is 0 Å². The molecule has 0 aliphatic heterocycles. The fourth-order valence-electron chi connectivity index (χ4n) is 4.76. The molecule has 0 radical (unpaired) electrons. The summed E-state index contributed by atoms with van der Waals surface area (Å²) in [4.78, 5) is 0. The monoisotopic (exact) mass is 180 g/mol. The molecule has 76 valence electrons. The summed E-state index contributed by atoms with van der Waals surface area (Å²) in [6.07, 6.45) is 5.87. The third-order valence-electron chi connectivity index (χ3n) is 5.34. The molecular weight excluding hydrogens is 156 g/mol. The van der Waals surface area contributed by atoms with Crippen molar-refractivity contribution in [3.8, 4) is 0 Å². The molecule has 2 rings (SSSR count). The van der Waals surface area contributed by atoms with Gasteiger partial charge in [0.05, 0.1) is 0 Å². The molecule has 2 fully saturated rings. The lowest BCUT2D eigenvalue weighted by Crippen LogP contribution is -2.37. The van der Waals surface area contributed by atoms with Gasteiger partial charge in [-0.05, 0) is 41.4 Å². The van der Waals surface area contributed by atoms with Gasteiger partial charge in [0.2, 0.25) is 0 Å². The highest BCUT2D eigenvalue weighted by Gasteiger charge is 2.72. The van der Waals surface area contributed by atoms with Gasteiger partial charge >= 0.3 is 0 Å². The molecular formula is C13H24. The normalized spacial score (nSPS) is 47.5. The first-order chi connectivity index (χ1) is 5.86. The van der Waals surface area contributed by atoms with Gasteiger partial charge in [0.15, 0.2) is 0 Å². The van der Waals surface area contributed by atoms with Crippen LogP contribution in [0.3, 0.4) is 0 Å². The quantitative estimate of drug-likeness (QED) is 0.566. The zero-order chi connectivity index (χ0) is 9.91. The molecule has 2 aliphatic carbocycles. The average molecular weight is 180 g/mol. The Labute approximate surface area is 83.1 Å². The Kier molecular flexibility index (Phi) is 1.71. The summed E-state index contributed by atoms with van der Waals surface area (Å²) in [5.41, 5.74) is 1.97. The van der Waals surface area contributed by atoms with Gasteiger partial charge in [-0.2, -0.15) is 0 Å². The Morgan fingerprint density at radius 3 is 2.00 bits per heavy atom. The van der Waals surface area contributed by atoms with Gasteiger partial charge in [-0.25, -0.2) is 0 Å². The van der Waals surface area contributed by atoms with Gasteiger partial charge in [0.1, 0.15) is 0 Å². The van der Waals surface area contributed by atoms with Crippen molar-refractivity contribution in [2.45, 2.75) is 60.3 Å². The van der Waals surface area contributed by atoms with E-state index in [9.17, 15) is 0 Å². The Balaban J connectivity index is 2.35. The summed E-state index contributed by atoms with van der Waals surface area (Å²) in [6.45, 7) is 12.4. The number of hydrogen-bond acceptors (Lipinski definition) is 0. The van der Waals surface area contributed by atoms with E-state index in [0.717, 1.165) is 5.92 Å². The van der Waals surface area contributed by atoms with Crippen LogP contribution in [0.4, 0.5) is 0 Å². The molecule has 0 aromatic rings. The molecule has 0 nitrogen and oxygen atoms in total. The third-order valence-corrected chi connectivity index (χ3v) is 5.34. The van der Waals surface area contributed by atoms with E-state index < -0.39 is 0 Å². The van der Waals surface area contributed by atoms with E-state index in [1.54, 1.807) is 0 Å². The third kappa shape index (κ3) is 0.926. The van der Waals surface area contributed by atoms with Crippen LogP contribution in [0.2, 0.25) is 0 Å².